The van der Waals surface area contributed by atoms with Crippen LogP contribution in [0.15, 0.2) is 40.9 Å². The number of aromatic amines is 1. The number of pyridine rings is 1. The van der Waals surface area contributed by atoms with Gasteiger partial charge >= 0.3 is 0 Å². The Morgan fingerprint density at radius 2 is 1.89 bits per heavy atom. The van der Waals surface area contributed by atoms with E-state index in [1.54, 1.807) is 0 Å². The Hall–Kier alpha value is -3.34. The summed E-state index contributed by atoms with van der Waals surface area (Å²) < 4.78 is 23.7. The third kappa shape index (κ3) is 4.18. The van der Waals surface area contributed by atoms with Crippen LogP contribution in [0.1, 0.15) is 11.3 Å². The van der Waals surface area contributed by atoms with Gasteiger partial charge in [0.1, 0.15) is 5.52 Å². The maximum atomic E-state index is 11.8. The van der Waals surface area contributed by atoms with Gasteiger partial charge in [0.25, 0.3) is 0 Å². The number of hydrogen-bond donors (Lipinski definition) is 1. The second-order valence-corrected chi connectivity index (χ2v) is 11.5. The zero-order valence-electron chi connectivity index (χ0n) is 20.7. The Kier molecular flexibility index (Phi) is 5.67. The number of nitrogens with one attached hydrogen (secondary N) is 1. The molecule has 2 fully saturated rings. The first-order valence-electron chi connectivity index (χ1n) is 12.7. The molecule has 0 saturated carbocycles. The minimum absolute atomic E-state index is 0.565. The highest BCUT2D eigenvalue weighted by molar-refractivity contribution is 7.85. The first-order chi connectivity index (χ1) is 18.1. The summed E-state index contributed by atoms with van der Waals surface area (Å²) in [5, 5.41) is 1.99. The molecule has 1 aromatic carbocycles. The van der Waals surface area contributed by atoms with Crippen molar-refractivity contribution in [3.05, 3.63) is 47.8 Å². The smallest absolute Gasteiger partial charge is 0.229 e. The molecule has 190 valence electrons. The van der Waals surface area contributed by atoms with Gasteiger partial charge < -0.3 is 19.0 Å². The molecule has 0 unspecified atom stereocenters. The van der Waals surface area contributed by atoms with Crippen molar-refractivity contribution in [2.45, 2.75) is 13.5 Å². The number of aromatic nitrogens is 4. The molecule has 9 nitrogen and oxygen atoms in total. The summed E-state index contributed by atoms with van der Waals surface area (Å²) >= 11 is 0. The van der Waals surface area contributed by atoms with Crippen molar-refractivity contribution in [3.8, 4) is 11.4 Å². The summed E-state index contributed by atoms with van der Waals surface area (Å²) in [6.07, 6.45) is 1.88. The van der Waals surface area contributed by atoms with Gasteiger partial charge in [-0.1, -0.05) is 12.1 Å². The van der Waals surface area contributed by atoms with E-state index in [0.717, 1.165) is 88.7 Å². The van der Waals surface area contributed by atoms with E-state index in [4.69, 9.17) is 19.1 Å². The molecule has 0 atom stereocenters. The van der Waals surface area contributed by atoms with E-state index in [9.17, 15) is 4.21 Å². The Balaban J connectivity index is 1.39. The van der Waals surface area contributed by atoms with Crippen LogP contribution in [0.25, 0.3) is 44.5 Å². The number of benzene rings is 1. The highest BCUT2D eigenvalue weighted by atomic mass is 32.2. The summed E-state index contributed by atoms with van der Waals surface area (Å²) in [4.78, 5) is 22.8. The van der Waals surface area contributed by atoms with Gasteiger partial charge in [0, 0.05) is 83.4 Å². The minimum atomic E-state index is -0.693. The second-order valence-electron chi connectivity index (χ2n) is 9.79. The Labute approximate surface area is 216 Å². The minimum Gasteiger partial charge on any atom is -0.432 e. The molecule has 2 saturated heterocycles. The number of fused-ring (bicyclic) bond motifs is 4. The van der Waals surface area contributed by atoms with Crippen molar-refractivity contribution in [1.29, 1.82) is 0 Å². The molecule has 2 aliphatic rings. The highest BCUT2D eigenvalue weighted by Gasteiger charge is 2.24. The molecule has 6 heterocycles. The van der Waals surface area contributed by atoms with E-state index < -0.39 is 10.8 Å². The fourth-order valence-corrected chi connectivity index (χ4v) is 6.46. The molecule has 0 spiro atoms. The Bertz CT molecular complexity index is 1640. The summed E-state index contributed by atoms with van der Waals surface area (Å²) in [6.45, 7) is 7.28. The van der Waals surface area contributed by atoms with Crippen molar-refractivity contribution >= 4 is 49.7 Å². The fraction of sp³-hybridized carbons (Fsp3) is 0.370. The lowest BCUT2D eigenvalue weighted by atomic mass is 10.1. The SMILES string of the molecule is Cc1cc2c(-c3nc(N4CCOCC4)c4oc5ncc(CN6CCS(=O)CC6)cc5c4n3)cccc2[nH]1. The summed E-state index contributed by atoms with van der Waals surface area (Å²) in [6, 6.07) is 10.5. The average Bonchev–Trinajstić information content (AvgIpc) is 3.49. The van der Waals surface area contributed by atoms with E-state index in [1.165, 1.54) is 0 Å². The molecular formula is C27H28N6O3S. The monoisotopic (exact) mass is 516 g/mol. The molecule has 7 rings (SSSR count). The van der Waals surface area contributed by atoms with Crippen LogP contribution in [0, 0.1) is 6.92 Å². The number of hydrogen-bond acceptors (Lipinski definition) is 8. The number of ether oxygens (including phenoxy) is 1. The Morgan fingerprint density at radius 1 is 1.05 bits per heavy atom. The number of furan rings is 1. The zero-order valence-corrected chi connectivity index (χ0v) is 21.5. The molecule has 5 aromatic rings. The van der Waals surface area contributed by atoms with Gasteiger partial charge in [-0.2, -0.15) is 0 Å². The zero-order chi connectivity index (χ0) is 24.9. The number of rotatable bonds is 4. The van der Waals surface area contributed by atoms with Crippen LogP contribution in [0.5, 0.6) is 0 Å². The summed E-state index contributed by atoms with van der Waals surface area (Å²) in [5.74, 6) is 2.91. The molecular weight excluding hydrogens is 488 g/mol. The number of nitrogens with zero attached hydrogens (tertiary/aromatic N) is 5. The largest absolute Gasteiger partial charge is 0.432 e. The lowest BCUT2D eigenvalue weighted by Crippen LogP contribution is -2.37. The van der Waals surface area contributed by atoms with E-state index in [0.29, 0.717) is 30.3 Å². The molecule has 0 bridgehead atoms. The number of morpholine rings is 1. The van der Waals surface area contributed by atoms with Gasteiger partial charge in [0.2, 0.25) is 5.71 Å². The molecule has 0 radical (unpaired) electrons. The molecule has 10 heteroatoms. The number of H-pyrrole nitrogens is 1. The predicted octanol–water partition coefficient (Wildman–Crippen LogP) is 3.63. The predicted molar refractivity (Wildman–Crippen MR) is 145 cm³/mol. The second kappa shape index (κ2) is 9.20. The average molecular weight is 517 g/mol. The Morgan fingerprint density at radius 3 is 2.73 bits per heavy atom. The lowest BCUT2D eigenvalue weighted by Gasteiger charge is -2.27. The maximum absolute atomic E-state index is 11.8. The van der Waals surface area contributed by atoms with Crippen LogP contribution >= 0.6 is 0 Å². The third-order valence-corrected chi connectivity index (χ3v) is 8.51. The van der Waals surface area contributed by atoms with Crippen molar-refractivity contribution < 1.29 is 13.4 Å². The van der Waals surface area contributed by atoms with Gasteiger partial charge in [-0.05, 0) is 30.7 Å². The van der Waals surface area contributed by atoms with E-state index in [1.807, 2.05) is 12.3 Å². The van der Waals surface area contributed by atoms with Crippen LogP contribution in [-0.4, -0.2) is 79.9 Å². The van der Waals surface area contributed by atoms with Gasteiger partial charge in [-0.25, -0.2) is 15.0 Å². The summed E-state index contributed by atoms with van der Waals surface area (Å²) in [5.41, 5.74) is 6.25. The standard InChI is InChI=1S/C27H28N6O3S/c1-17-13-20-19(3-2-4-22(20)29-17)25-30-23-21-14-18(16-32-7-11-37(34)12-8-32)15-28-27(21)36-24(23)26(31-25)33-5-9-35-10-6-33/h2-4,13-15,29H,5-12,16H2,1H3. The molecule has 0 amide bonds. The number of anilines is 1. The van der Waals surface area contributed by atoms with Crippen molar-refractivity contribution in [3.63, 3.8) is 0 Å². The summed E-state index contributed by atoms with van der Waals surface area (Å²) in [7, 11) is -0.693. The van der Waals surface area contributed by atoms with Gasteiger partial charge in [0.05, 0.1) is 18.6 Å². The van der Waals surface area contributed by atoms with E-state index in [-0.39, 0.29) is 0 Å². The topological polar surface area (TPSA) is 100 Å². The normalized spacial score (nSPS) is 17.9. The maximum Gasteiger partial charge on any atom is 0.229 e. The van der Waals surface area contributed by atoms with Crippen molar-refractivity contribution in [2.75, 3.05) is 55.8 Å². The van der Waals surface area contributed by atoms with Crippen molar-refractivity contribution in [1.82, 2.24) is 24.8 Å². The quantitative estimate of drug-likeness (QED) is 0.387. The molecule has 37 heavy (non-hydrogen) atoms. The first-order valence-corrected chi connectivity index (χ1v) is 14.2. The van der Waals surface area contributed by atoms with Crippen LogP contribution in [0.2, 0.25) is 0 Å². The van der Waals surface area contributed by atoms with Crippen molar-refractivity contribution in [2.24, 2.45) is 0 Å². The van der Waals surface area contributed by atoms with E-state index in [2.05, 4.69) is 51.0 Å². The molecule has 0 aliphatic carbocycles. The molecule has 2 aliphatic heterocycles. The fourth-order valence-electron chi connectivity index (χ4n) is 5.34. The van der Waals surface area contributed by atoms with Crippen LogP contribution in [0.3, 0.4) is 0 Å². The first kappa shape index (κ1) is 22.8. The van der Waals surface area contributed by atoms with Gasteiger partial charge in [0.15, 0.2) is 17.2 Å². The lowest BCUT2D eigenvalue weighted by molar-refractivity contribution is 0.122. The highest BCUT2D eigenvalue weighted by Crippen LogP contribution is 2.36. The van der Waals surface area contributed by atoms with Gasteiger partial charge in [-0.3, -0.25) is 9.11 Å². The molecule has 1 N–H and O–H groups in total. The number of aryl methyl sites for hydroxylation is 1. The van der Waals surface area contributed by atoms with Crippen LogP contribution in [0.4, 0.5) is 5.82 Å². The third-order valence-electron chi connectivity index (χ3n) is 7.24. The van der Waals surface area contributed by atoms with E-state index >= 15 is 0 Å². The molecule has 4 aromatic heterocycles. The van der Waals surface area contributed by atoms with Crippen LogP contribution in [-0.2, 0) is 22.1 Å². The van der Waals surface area contributed by atoms with Crippen LogP contribution < -0.4 is 4.90 Å². The van der Waals surface area contributed by atoms with Gasteiger partial charge in [-0.15, -0.1) is 0 Å².